The summed E-state index contributed by atoms with van der Waals surface area (Å²) in [4.78, 5) is 0. The number of allylic oxidation sites excluding steroid dienone is 4. The molecule has 0 bridgehead atoms. The molecule has 0 N–H and O–H groups in total. The topological polar surface area (TPSA) is 0 Å². The standard InChI is InChI=1S/C5H5.C3H7.3ClH.Hf/c1-2-4-5-3-1;1-3-2;;;;/h1-5H;3H,1-2H3;3*1H;/q;;;;;+3/p-3. The summed E-state index contributed by atoms with van der Waals surface area (Å²) < 4.78 is 1.94. The number of hydrogen-bond donors (Lipinski definition) is 0. The molecule has 0 nitrogen and oxygen atoms in total. The van der Waals surface area contributed by atoms with Gasteiger partial charge in [-0.3, -0.25) is 0 Å². The molecule has 1 aliphatic carbocycles. The molecular weight excluding hydrogens is 381 g/mol. The van der Waals surface area contributed by atoms with Gasteiger partial charge in [0.1, 0.15) is 0 Å². The van der Waals surface area contributed by atoms with Crippen LogP contribution >= 0.6 is 0 Å². The van der Waals surface area contributed by atoms with E-state index in [1.807, 2.05) is 0 Å². The summed E-state index contributed by atoms with van der Waals surface area (Å²) in [6.45, 7) is 4.70. The first-order valence-corrected chi connectivity index (χ1v) is 7.55. The third-order valence-electron chi connectivity index (χ3n) is 1.27. The van der Waals surface area contributed by atoms with E-state index < -0.39 is 0 Å². The van der Waals surface area contributed by atoms with Gasteiger partial charge < -0.3 is 37.2 Å². The molecule has 0 radical (unpaired) electrons. The van der Waals surface area contributed by atoms with Crippen LogP contribution in [0.3, 0.4) is 0 Å². The Morgan fingerprint density at radius 2 is 1.42 bits per heavy atom. The second-order valence-corrected chi connectivity index (χ2v) is 10.4. The van der Waals surface area contributed by atoms with Gasteiger partial charge in [0.25, 0.3) is 0 Å². The largest absolute Gasteiger partial charge is 1.00 e. The first-order chi connectivity index (χ1) is 4.29. The molecule has 0 saturated carbocycles. The van der Waals surface area contributed by atoms with E-state index in [4.69, 9.17) is 0 Å². The SMILES string of the molecule is C[CH](C)[Hf+3][CH]1C=CC=C1.[Cl-].[Cl-].[Cl-]. The second kappa shape index (κ2) is 10.3. The molecule has 0 aromatic heterocycles. The molecule has 0 heterocycles. The minimum absolute atomic E-state index is 0. The van der Waals surface area contributed by atoms with Crippen molar-refractivity contribution < 1.29 is 60.1 Å². The third kappa shape index (κ3) is 7.85. The van der Waals surface area contributed by atoms with E-state index in [2.05, 4.69) is 38.2 Å². The predicted molar refractivity (Wildman–Crippen MR) is 37.1 cm³/mol. The van der Waals surface area contributed by atoms with E-state index in [1.165, 1.54) is 0 Å². The van der Waals surface area contributed by atoms with Gasteiger partial charge in [-0.15, -0.1) is 0 Å². The Bertz CT molecular complexity index is 131. The van der Waals surface area contributed by atoms with Crippen molar-refractivity contribution in [3.63, 3.8) is 0 Å². The fourth-order valence-corrected chi connectivity index (χ4v) is 5.29. The summed E-state index contributed by atoms with van der Waals surface area (Å²) in [5, 5.41) is 0. The monoisotopic (exact) mass is 393 g/mol. The van der Waals surface area contributed by atoms with Crippen LogP contribution in [0.4, 0.5) is 0 Å². The average Bonchev–Trinajstić information content (AvgIpc) is 2.15. The number of halogens is 3. The van der Waals surface area contributed by atoms with Crippen molar-refractivity contribution in [2.45, 2.75) is 21.2 Å². The van der Waals surface area contributed by atoms with Crippen LogP contribution in [0.25, 0.3) is 0 Å². The minimum Gasteiger partial charge on any atom is -1.00 e. The molecule has 0 saturated heterocycles. The van der Waals surface area contributed by atoms with Crippen molar-refractivity contribution >= 4 is 0 Å². The molecule has 12 heavy (non-hydrogen) atoms. The molecule has 0 atom stereocenters. The van der Waals surface area contributed by atoms with Crippen LogP contribution in [0.15, 0.2) is 24.3 Å². The summed E-state index contributed by atoms with van der Waals surface area (Å²) in [6, 6.07) is 0. The van der Waals surface area contributed by atoms with Crippen molar-refractivity contribution in [2.75, 3.05) is 0 Å². The maximum absolute atomic E-state index is 2.35. The summed E-state index contributed by atoms with van der Waals surface area (Å²) in [7, 11) is 0. The Balaban J connectivity index is -0.000000270. The zero-order chi connectivity index (χ0) is 6.69. The van der Waals surface area contributed by atoms with Crippen LogP contribution in [0, 0.1) is 0 Å². The summed E-state index contributed by atoms with van der Waals surface area (Å²) >= 11 is -0.311. The van der Waals surface area contributed by atoms with E-state index in [-0.39, 0.29) is 60.1 Å². The summed E-state index contributed by atoms with van der Waals surface area (Å²) in [6.07, 6.45) is 9.06. The molecule has 69 valence electrons. The molecule has 1 rings (SSSR count). The summed E-state index contributed by atoms with van der Waals surface area (Å²) in [5.41, 5.74) is 0. The molecule has 0 aliphatic heterocycles. The van der Waals surface area contributed by atoms with Crippen molar-refractivity contribution in [1.29, 1.82) is 0 Å². The molecule has 0 aromatic carbocycles. The molecule has 0 aromatic rings. The van der Waals surface area contributed by atoms with Crippen LogP contribution in [-0.2, 0) is 22.9 Å². The van der Waals surface area contributed by atoms with Gasteiger partial charge in [0.15, 0.2) is 0 Å². The predicted octanol–water partition coefficient (Wildman–Crippen LogP) is -6.18. The Hall–Kier alpha value is 1.22. The Labute approximate surface area is 105 Å². The Kier molecular flexibility index (Phi) is 16.2. The Morgan fingerprint density at radius 3 is 1.75 bits per heavy atom. The smallest absolute Gasteiger partial charge is 1.00 e. The maximum Gasteiger partial charge on any atom is -1.00 e. The maximum atomic E-state index is 2.35. The zero-order valence-corrected chi connectivity index (χ0v) is 13.0. The van der Waals surface area contributed by atoms with Gasteiger partial charge in [0.05, 0.1) is 0 Å². The van der Waals surface area contributed by atoms with Crippen molar-refractivity contribution in [2.24, 2.45) is 0 Å². The molecule has 0 unspecified atom stereocenters. The normalized spacial score (nSPS) is 12.9. The zero-order valence-electron chi connectivity index (χ0n) is 7.10. The summed E-state index contributed by atoms with van der Waals surface area (Å²) in [5.74, 6) is 0. The van der Waals surface area contributed by atoms with Gasteiger partial charge >= 0.3 is 68.4 Å². The molecular formula is C8H12Cl3Hf. The quantitative estimate of drug-likeness (QED) is 0.410. The molecule has 0 spiro atoms. The van der Waals surface area contributed by atoms with Gasteiger partial charge in [0.2, 0.25) is 0 Å². The fraction of sp³-hybridized carbons (Fsp3) is 0.500. The van der Waals surface area contributed by atoms with Gasteiger partial charge in [-0.1, -0.05) is 0 Å². The fourth-order valence-electron chi connectivity index (χ4n) is 0.928. The number of hydrogen-bond acceptors (Lipinski definition) is 0. The molecule has 0 amide bonds. The molecule has 1 aliphatic rings. The first kappa shape index (κ1) is 18.9. The van der Waals surface area contributed by atoms with Crippen LogP contribution in [0.2, 0.25) is 7.35 Å². The van der Waals surface area contributed by atoms with Gasteiger partial charge in [-0.25, -0.2) is 0 Å². The van der Waals surface area contributed by atoms with Crippen LogP contribution < -0.4 is 37.2 Å². The van der Waals surface area contributed by atoms with E-state index in [1.54, 1.807) is 0 Å². The molecule has 4 heteroatoms. The van der Waals surface area contributed by atoms with E-state index in [9.17, 15) is 0 Å². The number of rotatable bonds is 2. The van der Waals surface area contributed by atoms with Gasteiger partial charge in [-0.2, -0.15) is 0 Å². The van der Waals surface area contributed by atoms with Crippen LogP contribution in [-0.4, -0.2) is 0 Å². The first-order valence-electron chi connectivity index (χ1n) is 3.40. The van der Waals surface area contributed by atoms with Gasteiger partial charge in [-0.05, 0) is 0 Å². The van der Waals surface area contributed by atoms with E-state index >= 15 is 0 Å². The van der Waals surface area contributed by atoms with Crippen molar-refractivity contribution in [3.05, 3.63) is 24.3 Å². The van der Waals surface area contributed by atoms with Crippen molar-refractivity contribution in [3.8, 4) is 0 Å². The van der Waals surface area contributed by atoms with E-state index in [0.717, 1.165) is 7.35 Å². The van der Waals surface area contributed by atoms with Crippen molar-refractivity contribution in [1.82, 2.24) is 0 Å². The molecule has 0 fully saturated rings. The second-order valence-electron chi connectivity index (χ2n) is 2.62. The van der Waals surface area contributed by atoms with Crippen LogP contribution in [0.1, 0.15) is 13.8 Å². The van der Waals surface area contributed by atoms with Gasteiger partial charge in [0, 0.05) is 0 Å². The average molecular weight is 393 g/mol. The van der Waals surface area contributed by atoms with Crippen LogP contribution in [0.5, 0.6) is 0 Å². The van der Waals surface area contributed by atoms with E-state index in [0.29, 0.717) is 0 Å². The third-order valence-corrected chi connectivity index (χ3v) is 6.43. The Morgan fingerprint density at radius 1 is 1.00 bits per heavy atom. The minimum atomic E-state index is -0.311.